The van der Waals surface area contributed by atoms with Crippen molar-refractivity contribution >= 4 is 5.91 Å². The van der Waals surface area contributed by atoms with Crippen LogP contribution in [0.2, 0.25) is 0 Å². The SMILES string of the molecule is CN(Cc1nnc2n1CCC2)C(=O)C1CCC(N)CC1. The largest absolute Gasteiger partial charge is 0.338 e. The molecule has 0 unspecified atom stereocenters. The van der Waals surface area contributed by atoms with Gasteiger partial charge in [-0.3, -0.25) is 4.79 Å². The Hall–Kier alpha value is -1.43. The van der Waals surface area contributed by atoms with Gasteiger partial charge in [0.2, 0.25) is 5.91 Å². The molecule has 0 saturated heterocycles. The second-order valence-electron chi connectivity index (χ2n) is 6.09. The van der Waals surface area contributed by atoms with E-state index in [-0.39, 0.29) is 17.9 Å². The molecule has 0 aromatic carbocycles. The highest BCUT2D eigenvalue weighted by Crippen LogP contribution is 2.25. The van der Waals surface area contributed by atoms with Gasteiger partial charge >= 0.3 is 0 Å². The summed E-state index contributed by atoms with van der Waals surface area (Å²) in [7, 11) is 1.87. The topological polar surface area (TPSA) is 77.0 Å². The molecular weight excluding hydrogens is 254 g/mol. The summed E-state index contributed by atoms with van der Waals surface area (Å²) in [5.74, 6) is 2.35. The van der Waals surface area contributed by atoms with E-state index in [1.807, 2.05) is 7.05 Å². The third-order valence-corrected chi connectivity index (χ3v) is 4.56. The lowest BCUT2D eigenvalue weighted by molar-refractivity contribution is -0.135. The van der Waals surface area contributed by atoms with Gasteiger partial charge in [-0.05, 0) is 32.1 Å². The number of hydrogen-bond acceptors (Lipinski definition) is 4. The number of carbonyl (C=O) groups is 1. The molecule has 0 radical (unpaired) electrons. The molecule has 1 aliphatic carbocycles. The lowest BCUT2D eigenvalue weighted by atomic mass is 9.85. The van der Waals surface area contributed by atoms with Gasteiger partial charge in [0.15, 0.2) is 5.82 Å². The van der Waals surface area contributed by atoms with Crippen LogP contribution >= 0.6 is 0 Å². The zero-order valence-electron chi connectivity index (χ0n) is 12.1. The molecule has 110 valence electrons. The fraction of sp³-hybridized carbons (Fsp3) is 0.786. The lowest BCUT2D eigenvalue weighted by Crippen LogP contribution is -2.37. The van der Waals surface area contributed by atoms with Crippen LogP contribution in [-0.4, -0.2) is 38.7 Å². The van der Waals surface area contributed by atoms with E-state index >= 15 is 0 Å². The average molecular weight is 277 g/mol. The van der Waals surface area contributed by atoms with Crippen molar-refractivity contribution < 1.29 is 4.79 Å². The van der Waals surface area contributed by atoms with Crippen LogP contribution in [0.4, 0.5) is 0 Å². The summed E-state index contributed by atoms with van der Waals surface area (Å²) in [6.07, 6.45) is 5.90. The van der Waals surface area contributed by atoms with E-state index in [1.165, 1.54) is 0 Å². The molecule has 20 heavy (non-hydrogen) atoms. The first-order valence-corrected chi connectivity index (χ1v) is 7.56. The zero-order chi connectivity index (χ0) is 14.1. The van der Waals surface area contributed by atoms with Gasteiger partial charge in [-0.2, -0.15) is 0 Å². The second kappa shape index (κ2) is 5.52. The molecule has 3 rings (SSSR count). The molecule has 2 aliphatic rings. The maximum Gasteiger partial charge on any atom is 0.225 e. The van der Waals surface area contributed by atoms with Crippen molar-refractivity contribution in [3.05, 3.63) is 11.6 Å². The highest BCUT2D eigenvalue weighted by molar-refractivity contribution is 5.78. The Morgan fingerprint density at radius 3 is 2.85 bits per heavy atom. The first-order chi connectivity index (χ1) is 9.65. The molecule has 2 heterocycles. The summed E-state index contributed by atoms with van der Waals surface area (Å²) < 4.78 is 2.15. The quantitative estimate of drug-likeness (QED) is 0.882. The minimum absolute atomic E-state index is 0.140. The molecule has 0 spiro atoms. The standard InChI is InChI=1S/C14H23N5O/c1-18(14(20)10-4-6-11(15)7-5-10)9-13-17-16-12-3-2-8-19(12)13/h10-11H,2-9,15H2,1H3. The van der Waals surface area contributed by atoms with Crippen molar-refractivity contribution in [1.82, 2.24) is 19.7 Å². The Balaban J connectivity index is 1.61. The van der Waals surface area contributed by atoms with Crippen LogP contribution in [0.1, 0.15) is 43.8 Å². The maximum atomic E-state index is 12.5. The minimum Gasteiger partial charge on any atom is -0.338 e. The van der Waals surface area contributed by atoms with E-state index in [0.717, 1.165) is 56.7 Å². The number of nitrogens with zero attached hydrogens (tertiary/aromatic N) is 4. The van der Waals surface area contributed by atoms with Gasteiger partial charge in [0, 0.05) is 32.0 Å². The molecule has 1 aromatic heterocycles. The van der Waals surface area contributed by atoms with E-state index in [1.54, 1.807) is 4.90 Å². The average Bonchev–Trinajstić information content (AvgIpc) is 3.04. The van der Waals surface area contributed by atoms with Gasteiger partial charge in [0.25, 0.3) is 0 Å². The van der Waals surface area contributed by atoms with E-state index in [2.05, 4.69) is 14.8 Å². The number of aromatic nitrogens is 3. The Morgan fingerprint density at radius 1 is 1.35 bits per heavy atom. The zero-order valence-corrected chi connectivity index (χ0v) is 12.1. The molecule has 6 nitrogen and oxygen atoms in total. The fourth-order valence-electron chi connectivity index (χ4n) is 3.30. The molecule has 1 amide bonds. The minimum atomic E-state index is 0.140. The van der Waals surface area contributed by atoms with Crippen LogP contribution in [0, 0.1) is 5.92 Å². The summed E-state index contributed by atoms with van der Waals surface area (Å²) in [6.45, 7) is 1.55. The van der Waals surface area contributed by atoms with Crippen LogP contribution in [-0.2, 0) is 24.3 Å². The Morgan fingerprint density at radius 2 is 2.10 bits per heavy atom. The van der Waals surface area contributed by atoms with Crippen LogP contribution in [0.15, 0.2) is 0 Å². The summed E-state index contributed by atoms with van der Waals surface area (Å²) in [5, 5.41) is 8.41. The highest BCUT2D eigenvalue weighted by Gasteiger charge is 2.28. The van der Waals surface area contributed by atoms with Crippen molar-refractivity contribution in [2.75, 3.05) is 7.05 Å². The van der Waals surface area contributed by atoms with E-state index < -0.39 is 0 Å². The Labute approximate surface area is 119 Å². The molecule has 1 saturated carbocycles. The van der Waals surface area contributed by atoms with Crippen LogP contribution < -0.4 is 5.73 Å². The first kappa shape index (κ1) is 13.5. The molecule has 1 fully saturated rings. The lowest BCUT2D eigenvalue weighted by Gasteiger charge is -2.28. The fourth-order valence-corrected chi connectivity index (χ4v) is 3.30. The van der Waals surface area contributed by atoms with Crippen molar-refractivity contribution in [3.63, 3.8) is 0 Å². The Bertz CT molecular complexity index is 490. The summed E-state index contributed by atoms with van der Waals surface area (Å²) in [5.41, 5.74) is 5.90. The third kappa shape index (κ3) is 2.57. The number of carbonyl (C=O) groups excluding carboxylic acids is 1. The van der Waals surface area contributed by atoms with Gasteiger partial charge in [-0.1, -0.05) is 0 Å². The molecule has 0 atom stereocenters. The number of fused-ring (bicyclic) bond motifs is 1. The van der Waals surface area contributed by atoms with Gasteiger partial charge < -0.3 is 15.2 Å². The predicted molar refractivity (Wildman–Crippen MR) is 74.8 cm³/mol. The predicted octanol–water partition coefficient (Wildman–Crippen LogP) is 0.700. The molecule has 1 aliphatic heterocycles. The van der Waals surface area contributed by atoms with Crippen molar-refractivity contribution in [3.8, 4) is 0 Å². The molecular formula is C14H23N5O. The molecule has 2 N–H and O–H groups in total. The molecule has 6 heteroatoms. The smallest absolute Gasteiger partial charge is 0.225 e. The molecule has 1 aromatic rings. The number of amides is 1. The van der Waals surface area contributed by atoms with Crippen LogP contribution in [0.5, 0.6) is 0 Å². The monoisotopic (exact) mass is 277 g/mol. The third-order valence-electron chi connectivity index (χ3n) is 4.56. The summed E-state index contributed by atoms with van der Waals surface area (Å²) >= 11 is 0. The first-order valence-electron chi connectivity index (χ1n) is 7.56. The highest BCUT2D eigenvalue weighted by atomic mass is 16.2. The number of hydrogen-bond donors (Lipinski definition) is 1. The van der Waals surface area contributed by atoms with Crippen LogP contribution in [0.3, 0.4) is 0 Å². The number of nitrogens with two attached hydrogens (primary N) is 1. The maximum absolute atomic E-state index is 12.5. The summed E-state index contributed by atoms with van der Waals surface area (Å²) in [4.78, 5) is 14.3. The van der Waals surface area contributed by atoms with Crippen molar-refractivity contribution in [2.45, 2.75) is 57.7 Å². The number of rotatable bonds is 3. The molecule has 0 bridgehead atoms. The second-order valence-corrected chi connectivity index (χ2v) is 6.09. The Kier molecular flexibility index (Phi) is 3.74. The van der Waals surface area contributed by atoms with Crippen molar-refractivity contribution in [1.29, 1.82) is 0 Å². The van der Waals surface area contributed by atoms with E-state index in [0.29, 0.717) is 6.54 Å². The van der Waals surface area contributed by atoms with E-state index in [4.69, 9.17) is 5.73 Å². The van der Waals surface area contributed by atoms with Crippen molar-refractivity contribution in [2.24, 2.45) is 11.7 Å². The van der Waals surface area contributed by atoms with Gasteiger partial charge in [-0.25, -0.2) is 0 Å². The van der Waals surface area contributed by atoms with E-state index in [9.17, 15) is 4.79 Å². The van der Waals surface area contributed by atoms with Gasteiger partial charge in [0.1, 0.15) is 5.82 Å². The summed E-state index contributed by atoms with van der Waals surface area (Å²) in [6, 6.07) is 0.282. The normalized spacial score (nSPS) is 25.5. The van der Waals surface area contributed by atoms with Gasteiger partial charge in [0.05, 0.1) is 6.54 Å². The number of aryl methyl sites for hydroxylation is 1. The van der Waals surface area contributed by atoms with Crippen LogP contribution in [0.25, 0.3) is 0 Å². The van der Waals surface area contributed by atoms with Gasteiger partial charge in [-0.15, -0.1) is 10.2 Å².